The van der Waals surface area contributed by atoms with Crippen molar-refractivity contribution in [3.8, 4) is 0 Å². The predicted molar refractivity (Wildman–Crippen MR) is 91.8 cm³/mol. The molecule has 1 amide bonds. The Kier molecular flexibility index (Phi) is 5.03. The molecule has 0 spiro atoms. The van der Waals surface area contributed by atoms with Gasteiger partial charge in [0.2, 0.25) is 5.91 Å². The Morgan fingerprint density at radius 3 is 2.88 bits per heavy atom. The Morgan fingerprint density at radius 1 is 1.46 bits per heavy atom. The van der Waals surface area contributed by atoms with Crippen molar-refractivity contribution in [2.75, 3.05) is 38.1 Å². The van der Waals surface area contributed by atoms with Gasteiger partial charge in [-0.15, -0.1) is 0 Å². The van der Waals surface area contributed by atoms with Gasteiger partial charge >= 0.3 is 0 Å². The van der Waals surface area contributed by atoms with Crippen LogP contribution in [-0.4, -0.2) is 71.0 Å². The lowest BCUT2D eigenvalue weighted by Crippen LogP contribution is -2.56. The van der Waals surface area contributed by atoms with Crippen molar-refractivity contribution in [1.29, 1.82) is 0 Å². The number of aliphatic hydroxyl groups excluding tert-OH is 1. The summed E-state index contributed by atoms with van der Waals surface area (Å²) in [5, 5.41) is 17.4. The smallest absolute Gasteiger partial charge is 0.246 e. The van der Waals surface area contributed by atoms with Crippen molar-refractivity contribution in [2.45, 2.75) is 25.4 Å². The molecule has 1 aliphatic carbocycles. The molecular formula is C16H26N6O2. The molecule has 1 aromatic heterocycles. The molecule has 0 aromatic carbocycles. The Bertz CT molecular complexity index is 613. The van der Waals surface area contributed by atoms with Crippen LogP contribution in [0.25, 0.3) is 0 Å². The van der Waals surface area contributed by atoms with Gasteiger partial charge in [0.25, 0.3) is 0 Å². The summed E-state index contributed by atoms with van der Waals surface area (Å²) in [5.74, 6) is 1.04. The zero-order valence-corrected chi connectivity index (χ0v) is 14.4. The van der Waals surface area contributed by atoms with Gasteiger partial charge in [-0.05, 0) is 12.8 Å². The number of amides is 1. The number of nitrogens with zero attached hydrogens (tertiary/aromatic N) is 5. The summed E-state index contributed by atoms with van der Waals surface area (Å²) in [4.78, 5) is 20.5. The number of anilines is 1. The zero-order chi connectivity index (χ0) is 17.1. The number of aromatic nitrogens is 2. The average molecular weight is 334 g/mol. The van der Waals surface area contributed by atoms with Crippen molar-refractivity contribution in [1.82, 2.24) is 20.0 Å². The van der Waals surface area contributed by atoms with Crippen LogP contribution >= 0.6 is 0 Å². The molecule has 1 aliphatic heterocycles. The number of piperazine rings is 1. The average Bonchev–Trinajstić information content (AvgIpc) is 3.17. The topological polar surface area (TPSA) is 86.0 Å². The quantitative estimate of drug-likeness (QED) is 0.591. The number of guanidine groups is 1. The molecule has 2 fully saturated rings. The van der Waals surface area contributed by atoms with Gasteiger partial charge in [-0.2, -0.15) is 5.10 Å². The molecular weight excluding hydrogens is 308 g/mol. The van der Waals surface area contributed by atoms with E-state index in [2.05, 4.69) is 15.4 Å². The standard InChI is InChI=1S/C16H26N6O2/c1-17-16(18-8-12-4-3-5-14(12)23)21-6-7-22(15(24)11-21)13-9-19-20(2)10-13/h9-10,12,14,23H,3-8,11H2,1-2H3,(H,17,18). The van der Waals surface area contributed by atoms with E-state index >= 15 is 0 Å². The molecule has 2 N–H and O–H groups in total. The maximum Gasteiger partial charge on any atom is 0.246 e. The van der Waals surface area contributed by atoms with Crippen LogP contribution in [-0.2, 0) is 11.8 Å². The van der Waals surface area contributed by atoms with Gasteiger partial charge in [-0.3, -0.25) is 14.5 Å². The summed E-state index contributed by atoms with van der Waals surface area (Å²) in [5.41, 5.74) is 0.833. The zero-order valence-electron chi connectivity index (χ0n) is 14.4. The highest BCUT2D eigenvalue weighted by molar-refractivity contribution is 5.98. The summed E-state index contributed by atoms with van der Waals surface area (Å²) in [6, 6.07) is 0. The van der Waals surface area contributed by atoms with E-state index in [0.717, 1.165) is 30.9 Å². The highest BCUT2D eigenvalue weighted by Crippen LogP contribution is 2.24. The molecule has 0 radical (unpaired) electrons. The minimum atomic E-state index is -0.223. The second kappa shape index (κ2) is 7.21. The molecule has 8 nitrogen and oxygen atoms in total. The van der Waals surface area contributed by atoms with Gasteiger partial charge in [0.05, 0.1) is 18.0 Å². The van der Waals surface area contributed by atoms with E-state index in [9.17, 15) is 9.90 Å². The fourth-order valence-corrected chi connectivity index (χ4v) is 3.48. The molecule has 1 saturated heterocycles. The lowest BCUT2D eigenvalue weighted by molar-refractivity contribution is -0.120. The van der Waals surface area contributed by atoms with Crippen molar-refractivity contribution < 1.29 is 9.90 Å². The van der Waals surface area contributed by atoms with Crippen LogP contribution in [0.1, 0.15) is 19.3 Å². The van der Waals surface area contributed by atoms with E-state index in [-0.39, 0.29) is 17.9 Å². The fraction of sp³-hybridized carbons (Fsp3) is 0.688. The highest BCUT2D eigenvalue weighted by atomic mass is 16.3. The summed E-state index contributed by atoms with van der Waals surface area (Å²) in [6.45, 7) is 2.32. The predicted octanol–water partition coefficient (Wildman–Crippen LogP) is -0.195. The number of carbonyl (C=O) groups is 1. The third kappa shape index (κ3) is 3.53. The maximum absolute atomic E-state index is 12.5. The summed E-state index contributed by atoms with van der Waals surface area (Å²) in [6.07, 6.45) is 6.34. The molecule has 2 unspecified atom stereocenters. The Balaban J connectivity index is 1.56. The summed E-state index contributed by atoms with van der Waals surface area (Å²) in [7, 11) is 3.57. The molecule has 8 heteroatoms. The van der Waals surface area contributed by atoms with Crippen LogP contribution in [0.5, 0.6) is 0 Å². The number of hydrogen-bond donors (Lipinski definition) is 2. The summed E-state index contributed by atoms with van der Waals surface area (Å²) >= 11 is 0. The van der Waals surface area contributed by atoms with Gasteiger partial charge in [0.15, 0.2) is 5.96 Å². The molecule has 3 rings (SSSR count). The third-order valence-electron chi connectivity index (χ3n) is 4.88. The number of aliphatic hydroxyl groups is 1. The van der Waals surface area contributed by atoms with Crippen molar-refractivity contribution in [2.24, 2.45) is 18.0 Å². The van der Waals surface area contributed by atoms with Crippen molar-refractivity contribution >= 4 is 17.6 Å². The Morgan fingerprint density at radius 2 is 2.29 bits per heavy atom. The molecule has 2 aliphatic rings. The molecule has 1 aromatic rings. The van der Waals surface area contributed by atoms with Crippen LogP contribution in [0.4, 0.5) is 5.69 Å². The van der Waals surface area contributed by atoms with Gasteiger partial charge < -0.3 is 20.2 Å². The first-order chi connectivity index (χ1) is 11.6. The molecule has 2 atom stereocenters. The molecule has 0 bridgehead atoms. The molecule has 2 heterocycles. The monoisotopic (exact) mass is 334 g/mol. The first-order valence-electron chi connectivity index (χ1n) is 8.51. The van der Waals surface area contributed by atoms with E-state index in [1.165, 1.54) is 0 Å². The summed E-state index contributed by atoms with van der Waals surface area (Å²) < 4.78 is 1.70. The number of rotatable bonds is 3. The van der Waals surface area contributed by atoms with Gasteiger partial charge in [-0.25, -0.2) is 0 Å². The second-order valence-corrected chi connectivity index (χ2v) is 6.53. The van der Waals surface area contributed by atoms with Crippen LogP contribution in [0.3, 0.4) is 0 Å². The van der Waals surface area contributed by atoms with Crippen molar-refractivity contribution in [3.05, 3.63) is 12.4 Å². The van der Waals surface area contributed by atoms with E-state index in [4.69, 9.17) is 0 Å². The van der Waals surface area contributed by atoms with Crippen LogP contribution in [0, 0.1) is 5.92 Å². The molecule has 24 heavy (non-hydrogen) atoms. The van der Waals surface area contributed by atoms with E-state index in [1.54, 1.807) is 22.8 Å². The Labute approximate surface area is 142 Å². The number of nitrogens with one attached hydrogen (secondary N) is 1. The van der Waals surface area contributed by atoms with E-state index < -0.39 is 0 Å². The Hall–Kier alpha value is -2.09. The normalized spacial score (nSPS) is 25.5. The minimum Gasteiger partial charge on any atom is -0.393 e. The first kappa shape index (κ1) is 16.8. The van der Waals surface area contributed by atoms with Crippen LogP contribution < -0.4 is 10.2 Å². The largest absolute Gasteiger partial charge is 0.393 e. The molecule has 1 saturated carbocycles. The number of hydrogen-bond acceptors (Lipinski definition) is 4. The van der Waals surface area contributed by atoms with E-state index in [1.807, 2.05) is 18.1 Å². The number of aryl methyl sites for hydroxylation is 1. The van der Waals surface area contributed by atoms with E-state index in [0.29, 0.717) is 26.2 Å². The highest BCUT2D eigenvalue weighted by Gasteiger charge is 2.29. The second-order valence-electron chi connectivity index (χ2n) is 6.53. The third-order valence-corrected chi connectivity index (χ3v) is 4.88. The molecule has 132 valence electrons. The SMILES string of the molecule is CN=C(NCC1CCCC1O)N1CCN(c2cnn(C)c2)C(=O)C1. The van der Waals surface area contributed by atoms with Gasteiger partial charge in [0.1, 0.15) is 6.54 Å². The number of carbonyl (C=O) groups excluding carboxylic acids is 1. The van der Waals surface area contributed by atoms with Crippen LogP contribution in [0.15, 0.2) is 17.4 Å². The van der Waals surface area contributed by atoms with Gasteiger partial charge in [0, 0.05) is 45.8 Å². The van der Waals surface area contributed by atoms with Crippen molar-refractivity contribution in [3.63, 3.8) is 0 Å². The fourth-order valence-electron chi connectivity index (χ4n) is 3.48. The lowest BCUT2D eigenvalue weighted by Gasteiger charge is -2.35. The van der Waals surface area contributed by atoms with Crippen LogP contribution in [0.2, 0.25) is 0 Å². The van der Waals surface area contributed by atoms with Gasteiger partial charge in [-0.1, -0.05) is 6.42 Å². The maximum atomic E-state index is 12.5. The lowest BCUT2D eigenvalue weighted by atomic mass is 10.1. The first-order valence-corrected chi connectivity index (χ1v) is 8.51. The number of aliphatic imine (C=N–C) groups is 1. The minimum absolute atomic E-state index is 0.0399.